The van der Waals surface area contributed by atoms with Gasteiger partial charge in [0.15, 0.2) is 0 Å². The molecule has 0 aromatic heterocycles. The zero-order valence-electron chi connectivity index (χ0n) is 7.03. The van der Waals surface area contributed by atoms with Crippen LogP contribution in [-0.4, -0.2) is 18.3 Å². The summed E-state index contributed by atoms with van der Waals surface area (Å²) in [6, 6.07) is 7.09. The van der Waals surface area contributed by atoms with Crippen molar-refractivity contribution in [2.45, 2.75) is 0 Å². The third-order valence-corrected chi connectivity index (χ3v) is 1.41. The van der Waals surface area contributed by atoms with Crippen LogP contribution in [0.2, 0.25) is 0 Å². The molecule has 0 radical (unpaired) electrons. The summed E-state index contributed by atoms with van der Waals surface area (Å²) in [7, 11) is 0. The quantitative estimate of drug-likeness (QED) is 0.474. The third kappa shape index (κ3) is 2.72. The van der Waals surface area contributed by atoms with Crippen molar-refractivity contribution in [1.29, 1.82) is 5.53 Å². The maximum Gasteiger partial charge on any atom is 0.144 e. The number of aliphatic hydroxyl groups is 1. The fourth-order valence-corrected chi connectivity index (χ4v) is 0.901. The maximum absolute atomic E-state index is 8.54. The van der Waals surface area contributed by atoms with Gasteiger partial charge in [-0.1, -0.05) is 17.4 Å². The summed E-state index contributed by atoms with van der Waals surface area (Å²) in [5, 5.41) is 11.6. The van der Waals surface area contributed by atoms with Crippen LogP contribution in [-0.2, 0) is 0 Å². The second-order valence-corrected chi connectivity index (χ2v) is 2.29. The molecule has 1 aromatic carbocycles. The molecule has 1 rings (SSSR count). The summed E-state index contributed by atoms with van der Waals surface area (Å²) in [4.78, 5) is 0. The molecule has 0 amide bonds. The van der Waals surface area contributed by atoms with Crippen molar-refractivity contribution in [3.05, 3.63) is 24.3 Å². The van der Waals surface area contributed by atoms with E-state index in [-0.39, 0.29) is 13.2 Å². The minimum atomic E-state index is -0.0354. The Labute approximate surface area is 75.8 Å². The van der Waals surface area contributed by atoms with Crippen LogP contribution < -0.4 is 10.2 Å². The number of hydrogen-bond donors (Lipinski definition) is 3. The summed E-state index contributed by atoms with van der Waals surface area (Å²) in [5.41, 5.74) is 9.71. The number of aliphatic hydroxyl groups excluding tert-OH is 1. The number of anilines is 1. The van der Waals surface area contributed by atoms with E-state index in [0.717, 1.165) is 0 Å². The van der Waals surface area contributed by atoms with E-state index in [1.165, 1.54) is 0 Å². The first-order valence-electron chi connectivity index (χ1n) is 3.83. The predicted octanol–water partition coefficient (Wildman–Crippen LogP) is 1.42. The number of ether oxygens (including phenoxy) is 1. The molecule has 0 unspecified atom stereocenters. The van der Waals surface area contributed by atoms with Crippen molar-refractivity contribution in [3.63, 3.8) is 0 Å². The monoisotopic (exact) mass is 181 g/mol. The van der Waals surface area contributed by atoms with Crippen molar-refractivity contribution in [3.8, 4) is 5.75 Å². The second kappa shape index (κ2) is 5.10. The molecule has 0 saturated heterocycles. The largest absolute Gasteiger partial charge is 0.489 e. The molecule has 0 aliphatic heterocycles. The van der Waals surface area contributed by atoms with Gasteiger partial charge < -0.3 is 9.84 Å². The predicted molar refractivity (Wildman–Crippen MR) is 47.8 cm³/mol. The van der Waals surface area contributed by atoms with Gasteiger partial charge in [0.05, 0.1) is 12.3 Å². The summed E-state index contributed by atoms with van der Waals surface area (Å²) >= 11 is 0. The van der Waals surface area contributed by atoms with Crippen LogP contribution >= 0.6 is 0 Å². The lowest BCUT2D eigenvalue weighted by molar-refractivity contribution is 0.202. The molecule has 3 N–H and O–H groups in total. The average molecular weight is 181 g/mol. The number of benzene rings is 1. The van der Waals surface area contributed by atoms with Crippen LogP contribution in [0.3, 0.4) is 0 Å². The van der Waals surface area contributed by atoms with Crippen LogP contribution in [0.15, 0.2) is 29.5 Å². The highest BCUT2D eigenvalue weighted by Gasteiger charge is 2.00. The molecule has 0 aliphatic rings. The standard InChI is InChI=1S/C8H11N3O2/c9-11-10-7-3-1-2-4-8(7)13-6-5-12/h1-4,12H,5-6H2,(H2,9,10). The van der Waals surface area contributed by atoms with Gasteiger partial charge in [-0.3, -0.25) is 5.43 Å². The van der Waals surface area contributed by atoms with Gasteiger partial charge in [0.2, 0.25) is 0 Å². The summed E-state index contributed by atoms with van der Waals surface area (Å²) in [6.45, 7) is 0.197. The molecule has 0 saturated carbocycles. The zero-order valence-corrected chi connectivity index (χ0v) is 7.03. The molecule has 13 heavy (non-hydrogen) atoms. The van der Waals surface area contributed by atoms with Gasteiger partial charge in [-0.25, -0.2) is 0 Å². The van der Waals surface area contributed by atoms with E-state index in [1.54, 1.807) is 18.2 Å². The van der Waals surface area contributed by atoms with Crippen LogP contribution in [0.1, 0.15) is 0 Å². The Morgan fingerprint density at radius 2 is 2.23 bits per heavy atom. The lowest BCUT2D eigenvalue weighted by Crippen LogP contribution is -2.03. The molecule has 0 heterocycles. The highest BCUT2D eigenvalue weighted by molar-refractivity contribution is 5.55. The summed E-state index contributed by atoms with van der Waals surface area (Å²) in [6.07, 6.45) is 0. The summed E-state index contributed by atoms with van der Waals surface area (Å²) in [5.74, 6) is 0.576. The molecule has 5 heteroatoms. The lowest BCUT2D eigenvalue weighted by atomic mass is 10.3. The average Bonchev–Trinajstić information content (AvgIpc) is 2.17. The number of nitrogens with zero attached hydrogens (tertiary/aromatic N) is 1. The van der Waals surface area contributed by atoms with E-state index >= 15 is 0 Å². The number of nitrogens with one attached hydrogen (secondary N) is 2. The Hall–Kier alpha value is -1.62. The first kappa shape index (κ1) is 9.47. The topological polar surface area (TPSA) is 77.7 Å². The van der Waals surface area contributed by atoms with E-state index in [9.17, 15) is 0 Å². The normalized spacial score (nSPS) is 9.31. The zero-order chi connectivity index (χ0) is 9.52. The maximum atomic E-state index is 8.54. The van der Waals surface area contributed by atoms with Crippen LogP contribution in [0, 0.1) is 5.53 Å². The van der Waals surface area contributed by atoms with E-state index in [4.69, 9.17) is 15.4 Å². The fourth-order valence-electron chi connectivity index (χ4n) is 0.901. The van der Waals surface area contributed by atoms with Gasteiger partial charge >= 0.3 is 0 Å². The molecule has 0 bridgehead atoms. The number of hydrogen-bond acceptors (Lipinski definition) is 4. The highest BCUT2D eigenvalue weighted by atomic mass is 16.5. The van der Waals surface area contributed by atoms with Gasteiger partial charge in [0.25, 0.3) is 0 Å². The van der Waals surface area contributed by atoms with Crippen LogP contribution in [0.5, 0.6) is 5.75 Å². The van der Waals surface area contributed by atoms with Crippen molar-refractivity contribution in [2.24, 2.45) is 5.22 Å². The highest BCUT2D eigenvalue weighted by Crippen LogP contribution is 2.23. The molecule has 0 fully saturated rings. The summed E-state index contributed by atoms with van der Waals surface area (Å²) < 4.78 is 5.18. The lowest BCUT2D eigenvalue weighted by Gasteiger charge is -2.08. The van der Waals surface area contributed by atoms with Crippen LogP contribution in [0.4, 0.5) is 5.69 Å². The van der Waals surface area contributed by atoms with E-state index in [0.29, 0.717) is 11.4 Å². The molecule has 0 atom stereocenters. The first-order valence-corrected chi connectivity index (χ1v) is 3.83. The van der Waals surface area contributed by atoms with E-state index in [1.807, 2.05) is 6.07 Å². The van der Waals surface area contributed by atoms with Crippen LogP contribution in [0.25, 0.3) is 0 Å². The number of rotatable bonds is 5. The molecular weight excluding hydrogens is 170 g/mol. The van der Waals surface area contributed by atoms with E-state index in [2.05, 4.69) is 10.6 Å². The Morgan fingerprint density at radius 1 is 1.46 bits per heavy atom. The van der Waals surface area contributed by atoms with Crippen molar-refractivity contribution in [1.82, 2.24) is 0 Å². The third-order valence-electron chi connectivity index (χ3n) is 1.41. The van der Waals surface area contributed by atoms with Gasteiger partial charge in [-0.15, -0.1) is 0 Å². The Morgan fingerprint density at radius 3 is 2.92 bits per heavy atom. The minimum Gasteiger partial charge on any atom is -0.489 e. The molecule has 0 aliphatic carbocycles. The van der Waals surface area contributed by atoms with Gasteiger partial charge in [-0.05, 0) is 12.1 Å². The first-order chi connectivity index (χ1) is 6.38. The van der Waals surface area contributed by atoms with Crippen molar-refractivity contribution in [2.75, 3.05) is 18.6 Å². The molecule has 70 valence electrons. The molecular formula is C8H11N3O2. The molecule has 5 nitrogen and oxygen atoms in total. The molecule has 0 spiro atoms. The Balaban J connectivity index is 2.71. The smallest absolute Gasteiger partial charge is 0.144 e. The van der Waals surface area contributed by atoms with Crippen molar-refractivity contribution >= 4 is 5.69 Å². The number of para-hydroxylation sites is 2. The fraction of sp³-hybridized carbons (Fsp3) is 0.250. The molecule has 1 aromatic rings. The Bertz CT molecular complexity index is 278. The van der Waals surface area contributed by atoms with E-state index < -0.39 is 0 Å². The minimum absolute atomic E-state index is 0.0354. The van der Waals surface area contributed by atoms with Gasteiger partial charge in [-0.2, -0.15) is 5.53 Å². The van der Waals surface area contributed by atoms with Gasteiger partial charge in [0, 0.05) is 0 Å². The Kier molecular flexibility index (Phi) is 3.72. The van der Waals surface area contributed by atoms with Gasteiger partial charge in [0.1, 0.15) is 12.4 Å². The van der Waals surface area contributed by atoms with Crippen molar-refractivity contribution < 1.29 is 9.84 Å². The SMILES string of the molecule is N=NNc1ccccc1OCCO. The second-order valence-electron chi connectivity index (χ2n) is 2.29.